The van der Waals surface area contributed by atoms with Crippen LogP contribution >= 0.6 is 0 Å². The summed E-state index contributed by atoms with van der Waals surface area (Å²) in [6, 6.07) is 21.9. The van der Waals surface area contributed by atoms with Crippen molar-refractivity contribution >= 4 is 11.6 Å². The predicted octanol–water partition coefficient (Wildman–Crippen LogP) is 5.22. The molecule has 1 aromatic heterocycles. The van der Waals surface area contributed by atoms with Crippen LogP contribution in [0.3, 0.4) is 0 Å². The number of amides is 1. The zero-order chi connectivity index (χ0) is 23.9. The first-order valence-electron chi connectivity index (χ1n) is 10.8. The highest BCUT2D eigenvalue weighted by atomic mass is 16.5. The van der Waals surface area contributed by atoms with E-state index in [0.29, 0.717) is 46.7 Å². The molecule has 0 saturated heterocycles. The van der Waals surface area contributed by atoms with E-state index >= 15 is 0 Å². The van der Waals surface area contributed by atoms with Gasteiger partial charge in [0, 0.05) is 17.3 Å². The van der Waals surface area contributed by atoms with Gasteiger partial charge < -0.3 is 23.9 Å². The maximum Gasteiger partial charge on any atom is 0.265 e. The monoisotopic (exact) mass is 459 g/mol. The normalized spacial score (nSPS) is 11.5. The quantitative estimate of drug-likeness (QED) is 0.367. The van der Waals surface area contributed by atoms with E-state index in [2.05, 4.69) is 15.5 Å². The molecule has 0 fully saturated rings. The first-order chi connectivity index (χ1) is 16.6. The Balaban J connectivity index is 1.53. The molecule has 4 rings (SSSR count). The first kappa shape index (κ1) is 22.8. The summed E-state index contributed by atoms with van der Waals surface area (Å²) < 4.78 is 22.5. The van der Waals surface area contributed by atoms with Crippen LogP contribution in [0.5, 0.6) is 17.2 Å². The fraction of sp³-hybridized carbons (Fsp3) is 0.192. The van der Waals surface area contributed by atoms with Crippen LogP contribution in [-0.2, 0) is 4.79 Å². The van der Waals surface area contributed by atoms with Crippen molar-refractivity contribution in [2.75, 3.05) is 19.5 Å². The van der Waals surface area contributed by atoms with Crippen LogP contribution in [0.15, 0.2) is 77.2 Å². The maximum atomic E-state index is 13.0. The summed E-state index contributed by atoms with van der Waals surface area (Å²) in [5.74, 6) is 1.99. The van der Waals surface area contributed by atoms with E-state index in [1.807, 2.05) is 55.5 Å². The number of aromatic nitrogens is 2. The summed E-state index contributed by atoms with van der Waals surface area (Å²) in [6.07, 6.45) is -0.294. The minimum absolute atomic E-state index is 0.292. The number of nitrogens with one attached hydrogen (secondary N) is 1. The van der Waals surface area contributed by atoms with E-state index in [0.717, 1.165) is 5.56 Å². The number of carbonyl (C=O) groups excluding carboxylic acids is 1. The summed E-state index contributed by atoms with van der Waals surface area (Å²) in [7, 11) is 3.10. The Labute approximate surface area is 197 Å². The molecule has 3 aromatic carbocycles. The highest BCUT2D eigenvalue weighted by Crippen LogP contribution is 2.33. The molecule has 4 aromatic rings. The Morgan fingerprint density at radius 1 is 0.882 bits per heavy atom. The summed E-state index contributed by atoms with van der Waals surface area (Å²) in [5, 5.41) is 11.2. The third kappa shape index (κ3) is 5.01. The molecule has 0 aliphatic rings. The number of anilines is 1. The smallest absolute Gasteiger partial charge is 0.265 e. The van der Waals surface area contributed by atoms with Gasteiger partial charge in [-0.15, -0.1) is 10.2 Å². The minimum atomic E-state index is -0.745. The second kappa shape index (κ2) is 10.5. The minimum Gasteiger partial charge on any atom is -0.493 e. The second-order valence-electron chi connectivity index (χ2n) is 7.35. The highest BCUT2D eigenvalue weighted by molar-refractivity contribution is 5.94. The summed E-state index contributed by atoms with van der Waals surface area (Å²) in [4.78, 5) is 13.0. The highest BCUT2D eigenvalue weighted by Gasteiger charge is 2.22. The van der Waals surface area contributed by atoms with E-state index in [-0.39, 0.29) is 5.91 Å². The van der Waals surface area contributed by atoms with Gasteiger partial charge in [0.15, 0.2) is 17.6 Å². The molecule has 0 spiro atoms. The van der Waals surface area contributed by atoms with Crippen LogP contribution < -0.4 is 19.5 Å². The Kier molecular flexibility index (Phi) is 7.07. The van der Waals surface area contributed by atoms with Crippen LogP contribution in [0, 0.1) is 0 Å². The van der Waals surface area contributed by atoms with E-state index in [4.69, 9.17) is 18.6 Å². The lowest BCUT2D eigenvalue weighted by Gasteiger charge is -2.19. The average molecular weight is 460 g/mol. The van der Waals surface area contributed by atoms with Crippen molar-refractivity contribution in [3.8, 4) is 40.2 Å². The zero-order valence-electron chi connectivity index (χ0n) is 19.1. The molecule has 174 valence electrons. The number of hydrogen-bond acceptors (Lipinski definition) is 7. The fourth-order valence-corrected chi connectivity index (χ4v) is 3.39. The number of rotatable bonds is 9. The molecule has 34 heavy (non-hydrogen) atoms. The topological polar surface area (TPSA) is 95.7 Å². The van der Waals surface area contributed by atoms with Gasteiger partial charge in [-0.25, -0.2) is 0 Å². The molecule has 1 N–H and O–H groups in total. The van der Waals surface area contributed by atoms with E-state index < -0.39 is 6.10 Å². The number of benzene rings is 3. The maximum absolute atomic E-state index is 13.0. The number of para-hydroxylation sites is 1. The summed E-state index contributed by atoms with van der Waals surface area (Å²) in [6.45, 7) is 1.88. The van der Waals surface area contributed by atoms with Crippen LogP contribution in [0.25, 0.3) is 22.9 Å². The molecule has 0 saturated carbocycles. The van der Waals surface area contributed by atoms with Crippen molar-refractivity contribution in [3.05, 3.63) is 72.8 Å². The molecule has 8 nitrogen and oxygen atoms in total. The van der Waals surface area contributed by atoms with Gasteiger partial charge in [0.2, 0.25) is 5.89 Å². The lowest BCUT2D eigenvalue weighted by molar-refractivity contribution is -0.122. The largest absolute Gasteiger partial charge is 0.493 e. The van der Waals surface area contributed by atoms with Crippen LogP contribution in [0.1, 0.15) is 13.3 Å². The molecular weight excluding hydrogens is 434 g/mol. The summed E-state index contributed by atoms with van der Waals surface area (Å²) in [5.41, 5.74) is 2.00. The summed E-state index contributed by atoms with van der Waals surface area (Å²) >= 11 is 0. The van der Waals surface area contributed by atoms with Gasteiger partial charge >= 0.3 is 0 Å². The van der Waals surface area contributed by atoms with Gasteiger partial charge in [0.1, 0.15) is 5.75 Å². The number of hydrogen-bond donors (Lipinski definition) is 1. The Hall–Kier alpha value is -4.33. The van der Waals surface area contributed by atoms with E-state index in [1.54, 1.807) is 38.5 Å². The van der Waals surface area contributed by atoms with Crippen molar-refractivity contribution in [1.29, 1.82) is 0 Å². The molecule has 0 radical (unpaired) electrons. The van der Waals surface area contributed by atoms with Crippen molar-refractivity contribution < 1.29 is 23.4 Å². The van der Waals surface area contributed by atoms with Crippen LogP contribution in [0.2, 0.25) is 0 Å². The van der Waals surface area contributed by atoms with Crippen molar-refractivity contribution in [1.82, 2.24) is 10.2 Å². The number of carbonyl (C=O) groups is 1. The van der Waals surface area contributed by atoms with Crippen molar-refractivity contribution in [3.63, 3.8) is 0 Å². The van der Waals surface area contributed by atoms with Crippen molar-refractivity contribution in [2.45, 2.75) is 19.4 Å². The molecule has 0 unspecified atom stereocenters. The SMILES string of the molecule is CC[C@@H](Oc1ccccc1-c1nnc(-c2ccccc2)o1)C(=O)Nc1ccc(OC)c(OC)c1. The molecule has 1 heterocycles. The Bertz CT molecular complexity index is 1260. The predicted molar refractivity (Wildman–Crippen MR) is 128 cm³/mol. The average Bonchev–Trinajstić information content (AvgIpc) is 3.38. The van der Waals surface area contributed by atoms with Crippen LogP contribution in [0.4, 0.5) is 5.69 Å². The van der Waals surface area contributed by atoms with Gasteiger partial charge in [-0.2, -0.15) is 0 Å². The second-order valence-corrected chi connectivity index (χ2v) is 7.35. The Morgan fingerprint density at radius 2 is 1.59 bits per heavy atom. The Morgan fingerprint density at radius 3 is 2.32 bits per heavy atom. The third-order valence-corrected chi connectivity index (χ3v) is 5.15. The first-order valence-corrected chi connectivity index (χ1v) is 10.8. The van der Waals surface area contributed by atoms with Gasteiger partial charge in [0.25, 0.3) is 11.8 Å². The number of methoxy groups -OCH3 is 2. The third-order valence-electron chi connectivity index (χ3n) is 5.15. The van der Waals surface area contributed by atoms with Crippen molar-refractivity contribution in [2.24, 2.45) is 0 Å². The molecule has 1 atom stereocenters. The van der Waals surface area contributed by atoms with Gasteiger partial charge in [-0.05, 0) is 42.8 Å². The fourth-order valence-electron chi connectivity index (χ4n) is 3.39. The van der Waals surface area contributed by atoms with Gasteiger partial charge in [-0.1, -0.05) is 37.3 Å². The number of nitrogens with zero attached hydrogens (tertiary/aromatic N) is 2. The molecule has 0 aliphatic heterocycles. The van der Waals surface area contributed by atoms with E-state index in [9.17, 15) is 4.79 Å². The van der Waals surface area contributed by atoms with Crippen LogP contribution in [-0.4, -0.2) is 36.4 Å². The van der Waals surface area contributed by atoms with Gasteiger partial charge in [-0.3, -0.25) is 4.79 Å². The molecule has 0 aliphatic carbocycles. The molecular formula is C26H25N3O5. The standard InChI is InChI=1S/C26H25N3O5/c1-4-20(24(30)27-18-14-15-22(31-2)23(16-18)32-3)33-21-13-9-8-12-19(21)26-29-28-25(34-26)17-10-6-5-7-11-17/h5-16,20H,4H2,1-3H3,(H,27,30)/t20-/m1/s1. The number of ether oxygens (including phenoxy) is 3. The lowest BCUT2D eigenvalue weighted by atomic mass is 10.2. The van der Waals surface area contributed by atoms with Gasteiger partial charge in [0.05, 0.1) is 19.8 Å². The molecule has 0 bridgehead atoms. The zero-order valence-corrected chi connectivity index (χ0v) is 19.1. The lowest BCUT2D eigenvalue weighted by Crippen LogP contribution is -2.32. The molecule has 8 heteroatoms. The van der Waals surface area contributed by atoms with E-state index in [1.165, 1.54) is 0 Å². The molecule has 1 amide bonds.